The first-order chi connectivity index (χ1) is 5.26. The number of hydrogen-bond donors (Lipinski definition) is 0. The number of rotatable bonds is 3. The van der Waals surface area contributed by atoms with Gasteiger partial charge < -0.3 is 4.74 Å². The molecule has 4 heteroatoms. The van der Waals surface area contributed by atoms with E-state index in [1.54, 1.807) is 13.0 Å². The molecule has 60 valence electrons. The Morgan fingerprint density at radius 2 is 2.45 bits per heavy atom. The summed E-state index contributed by atoms with van der Waals surface area (Å²) in [7, 11) is 0. The van der Waals surface area contributed by atoms with Gasteiger partial charge in [0.1, 0.15) is 11.6 Å². The van der Waals surface area contributed by atoms with Gasteiger partial charge in [0.25, 0.3) is 0 Å². The molecular weight excluding hydrogens is 149 g/mol. The average Bonchev–Trinajstić information content (AvgIpc) is 2.00. The molecule has 0 spiro atoms. The lowest BCUT2D eigenvalue weighted by Crippen LogP contribution is -2.05. The number of allylic oxidation sites excluding steroid dienone is 1. The second kappa shape index (κ2) is 5.42. The van der Waals surface area contributed by atoms with Crippen LogP contribution in [-0.4, -0.2) is 12.8 Å². The first-order valence-electron chi connectivity index (χ1n) is 3.09. The number of esters is 1. The van der Waals surface area contributed by atoms with Crippen molar-refractivity contribution in [2.24, 2.45) is 0 Å². The van der Waals surface area contributed by atoms with E-state index in [1.807, 2.05) is 0 Å². The number of alkyl halides is 1. The number of hydrogen-bond acceptors (Lipinski definition) is 3. The van der Waals surface area contributed by atoms with Gasteiger partial charge in [0, 0.05) is 0 Å². The van der Waals surface area contributed by atoms with Gasteiger partial charge in [-0.15, -0.1) is 0 Å². The quantitative estimate of drug-likeness (QED) is 0.352. The third-order valence-corrected chi connectivity index (χ3v) is 0.934. The SMILES string of the molecule is CCC=C(C#N)C(=O)OCF. The van der Waals surface area contributed by atoms with Crippen LogP contribution in [0, 0.1) is 11.3 Å². The van der Waals surface area contributed by atoms with Crippen molar-refractivity contribution < 1.29 is 13.9 Å². The molecule has 0 radical (unpaired) electrons. The van der Waals surface area contributed by atoms with Crippen LogP contribution >= 0.6 is 0 Å². The van der Waals surface area contributed by atoms with Crippen LogP contribution in [0.15, 0.2) is 11.6 Å². The van der Waals surface area contributed by atoms with Crippen molar-refractivity contribution in [2.45, 2.75) is 13.3 Å². The molecule has 0 saturated carbocycles. The molecule has 0 aliphatic rings. The molecule has 0 fully saturated rings. The Kier molecular flexibility index (Phi) is 4.74. The molecular formula is C7H8FNO2. The first kappa shape index (κ1) is 9.63. The lowest BCUT2D eigenvalue weighted by molar-refractivity contribution is -0.142. The molecule has 0 unspecified atom stereocenters. The Morgan fingerprint density at radius 1 is 1.82 bits per heavy atom. The first-order valence-corrected chi connectivity index (χ1v) is 3.09. The molecule has 0 rings (SSSR count). The minimum Gasteiger partial charge on any atom is -0.430 e. The van der Waals surface area contributed by atoms with Gasteiger partial charge in [0.2, 0.25) is 6.86 Å². The van der Waals surface area contributed by atoms with Gasteiger partial charge in [-0.05, 0) is 6.42 Å². The lowest BCUT2D eigenvalue weighted by atomic mass is 10.2. The van der Waals surface area contributed by atoms with Crippen LogP contribution in [0.1, 0.15) is 13.3 Å². The summed E-state index contributed by atoms with van der Waals surface area (Å²) in [6, 6.07) is 1.61. The van der Waals surface area contributed by atoms with E-state index in [2.05, 4.69) is 4.74 Å². The molecule has 0 aromatic heterocycles. The summed E-state index contributed by atoms with van der Waals surface area (Å²) in [6.45, 7) is 0.571. The van der Waals surface area contributed by atoms with E-state index in [4.69, 9.17) is 5.26 Å². The monoisotopic (exact) mass is 157 g/mol. The molecule has 0 N–H and O–H groups in total. The normalized spacial score (nSPS) is 10.5. The zero-order valence-corrected chi connectivity index (χ0v) is 6.13. The highest BCUT2D eigenvalue weighted by molar-refractivity contribution is 5.92. The Balaban J connectivity index is 4.18. The minimum absolute atomic E-state index is 0.148. The van der Waals surface area contributed by atoms with Crippen LogP contribution in [0.4, 0.5) is 4.39 Å². The van der Waals surface area contributed by atoms with Crippen LogP contribution < -0.4 is 0 Å². The minimum atomic E-state index is -1.19. The second-order valence-corrected chi connectivity index (χ2v) is 1.68. The molecule has 0 saturated heterocycles. The molecule has 0 aliphatic heterocycles. The van der Waals surface area contributed by atoms with Crippen molar-refractivity contribution in [1.82, 2.24) is 0 Å². The molecule has 0 aromatic carbocycles. The number of carbonyl (C=O) groups excluding carboxylic acids is 1. The lowest BCUT2D eigenvalue weighted by Gasteiger charge is -1.95. The molecule has 3 nitrogen and oxygen atoms in total. The molecule has 0 amide bonds. The summed E-state index contributed by atoms with van der Waals surface area (Å²) in [5.41, 5.74) is -0.148. The van der Waals surface area contributed by atoms with Crippen molar-refractivity contribution in [1.29, 1.82) is 5.26 Å². The zero-order chi connectivity index (χ0) is 8.69. The highest BCUT2D eigenvalue weighted by atomic mass is 19.1. The number of nitriles is 1. The molecule has 0 heterocycles. The molecule has 0 aromatic rings. The topological polar surface area (TPSA) is 50.1 Å². The van der Waals surface area contributed by atoms with E-state index in [9.17, 15) is 9.18 Å². The average molecular weight is 157 g/mol. The maximum absolute atomic E-state index is 11.4. The Labute approximate surface area is 64.1 Å². The van der Waals surface area contributed by atoms with Crippen LogP contribution in [0.25, 0.3) is 0 Å². The van der Waals surface area contributed by atoms with E-state index in [0.717, 1.165) is 0 Å². The van der Waals surface area contributed by atoms with E-state index in [1.165, 1.54) is 6.08 Å². The maximum atomic E-state index is 11.4. The third-order valence-electron chi connectivity index (χ3n) is 0.934. The van der Waals surface area contributed by atoms with Gasteiger partial charge in [-0.2, -0.15) is 5.26 Å². The van der Waals surface area contributed by atoms with E-state index in [0.29, 0.717) is 6.42 Å². The number of halogens is 1. The summed E-state index contributed by atoms with van der Waals surface area (Å²) < 4.78 is 15.4. The molecule has 0 aliphatic carbocycles. The molecule has 0 atom stereocenters. The van der Waals surface area contributed by atoms with Gasteiger partial charge >= 0.3 is 5.97 Å². The van der Waals surface area contributed by atoms with Gasteiger partial charge in [0.05, 0.1) is 0 Å². The zero-order valence-electron chi connectivity index (χ0n) is 6.13. The molecule has 11 heavy (non-hydrogen) atoms. The standard InChI is InChI=1S/C7H8FNO2/c1-2-3-6(4-9)7(10)11-5-8/h3H,2,5H2,1H3. The largest absolute Gasteiger partial charge is 0.430 e. The number of carbonyl (C=O) groups is 1. The van der Waals surface area contributed by atoms with Crippen molar-refractivity contribution in [3.05, 3.63) is 11.6 Å². The van der Waals surface area contributed by atoms with Gasteiger partial charge in [-0.3, -0.25) is 0 Å². The maximum Gasteiger partial charge on any atom is 0.350 e. The fraction of sp³-hybridized carbons (Fsp3) is 0.429. The smallest absolute Gasteiger partial charge is 0.350 e. The summed E-state index contributed by atoms with van der Waals surface area (Å²) in [5, 5.41) is 8.31. The van der Waals surface area contributed by atoms with E-state index >= 15 is 0 Å². The van der Waals surface area contributed by atoms with Crippen molar-refractivity contribution >= 4 is 5.97 Å². The highest BCUT2D eigenvalue weighted by Gasteiger charge is 2.08. The van der Waals surface area contributed by atoms with Crippen molar-refractivity contribution in [3.63, 3.8) is 0 Å². The third kappa shape index (κ3) is 3.36. The number of ether oxygens (including phenoxy) is 1. The number of nitrogens with zero attached hydrogens (tertiary/aromatic N) is 1. The fourth-order valence-electron chi connectivity index (χ4n) is 0.506. The van der Waals surface area contributed by atoms with Gasteiger partial charge in [-0.1, -0.05) is 13.0 Å². The van der Waals surface area contributed by atoms with E-state index in [-0.39, 0.29) is 5.57 Å². The van der Waals surface area contributed by atoms with Gasteiger partial charge in [-0.25, -0.2) is 9.18 Å². The highest BCUT2D eigenvalue weighted by Crippen LogP contribution is 1.98. The predicted octanol–water partition coefficient (Wildman–Crippen LogP) is 1.32. The van der Waals surface area contributed by atoms with E-state index < -0.39 is 12.8 Å². The summed E-state index contributed by atoms with van der Waals surface area (Å²) in [6.07, 6.45) is 1.93. The van der Waals surface area contributed by atoms with Crippen LogP contribution in [0.5, 0.6) is 0 Å². The summed E-state index contributed by atoms with van der Waals surface area (Å²) in [4.78, 5) is 10.6. The molecule has 0 bridgehead atoms. The van der Waals surface area contributed by atoms with Gasteiger partial charge in [0.15, 0.2) is 0 Å². The second-order valence-electron chi connectivity index (χ2n) is 1.68. The summed E-state index contributed by atoms with van der Waals surface area (Å²) >= 11 is 0. The Hall–Kier alpha value is -1.37. The van der Waals surface area contributed by atoms with Crippen molar-refractivity contribution in [3.8, 4) is 6.07 Å². The van der Waals surface area contributed by atoms with Crippen LogP contribution in [0.2, 0.25) is 0 Å². The fourth-order valence-corrected chi connectivity index (χ4v) is 0.506. The Morgan fingerprint density at radius 3 is 2.82 bits per heavy atom. The predicted molar refractivity (Wildman–Crippen MR) is 36.1 cm³/mol. The van der Waals surface area contributed by atoms with Crippen molar-refractivity contribution in [2.75, 3.05) is 6.86 Å². The van der Waals surface area contributed by atoms with Crippen LogP contribution in [-0.2, 0) is 9.53 Å². The Bertz CT molecular complexity index is 205. The van der Waals surface area contributed by atoms with Crippen LogP contribution in [0.3, 0.4) is 0 Å². The summed E-state index contributed by atoms with van der Waals surface area (Å²) in [5.74, 6) is -0.906.